The van der Waals surface area contributed by atoms with Crippen molar-refractivity contribution in [3.05, 3.63) is 95.8 Å². The summed E-state index contributed by atoms with van der Waals surface area (Å²) < 4.78 is 30.8. The Hall–Kier alpha value is -3.16. The van der Waals surface area contributed by atoms with E-state index in [0.29, 0.717) is 25.3 Å². The number of primary sulfonamides is 1. The Kier molecular flexibility index (Phi) is 6.34. The molecule has 3 aromatic carbocycles. The van der Waals surface area contributed by atoms with Crippen LogP contribution < -0.4 is 9.88 Å². The maximum atomic E-state index is 11.4. The molecule has 4 rings (SSSR count). The van der Waals surface area contributed by atoms with Crippen LogP contribution in [-0.2, 0) is 29.4 Å². The first-order valence-electron chi connectivity index (χ1n) is 10.2. The number of ether oxygens (including phenoxy) is 1. The van der Waals surface area contributed by atoms with E-state index in [0.717, 1.165) is 17.5 Å². The highest BCUT2D eigenvalue weighted by molar-refractivity contribution is 7.89. The van der Waals surface area contributed by atoms with E-state index in [1.54, 1.807) is 6.20 Å². The summed E-state index contributed by atoms with van der Waals surface area (Å²) in [6.45, 7) is 1.11. The van der Waals surface area contributed by atoms with Crippen LogP contribution >= 0.6 is 0 Å². The zero-order valence-electron chi connectivity index (χ0n) is 17.1. The number of hydrogen-bond acceptors (Lipinski definition) is 4. The van der Waals surface area contributed by atoms with E-state index in [-0.39, 0.29) is 5.75 Å². The Bertz CT molecular complexity index is 1270. The lowest BCUT2D eigenvalue weighted by molar-refractivity contribution is 0.318. The predicted octanol–water partition coefficient (Wildman–Crippen LogP) is 3.54. The molecule has 0 saturated carbocycles. The molecule has 160 valence electrons. The fourth-order valence-corrected chi connectivity index (χ4v) is 4.05. The van der Waals surface area contributed by atoms with Crippen molar-refractivity contribution in [2.45, 2.75) is 19.4 Å². The van der Waals surface area contributed by atoms with E-state index in [1.165, 1.54) is 16.3 Å². The standard InChI is InChI=1S/C24H25N3O3S/c25-31(28,29)15-11-22-9-7-20(18-27-13-3-12-26-27)17-24(22)30-14-10-19-6-8-21-4-1-2-5-23(21)16-19/h1-9,12-13,16-17H,10-11,14-15,18H2,(H2,25,28,29). The first-order chi connectivity index (χ1) is 15.0. The predicted molar refractivity (Wildman–Crippen MR) is 123 cm³/mol. The highest BCUT2D eigenvalue weighted by atomic mass is 32.2. The van der Waals surface area contributed by atoms with Crippen LogP contribution in [0.5, 0.6) is 5.75 Å². The topological polar surface area (TPSA) is 87.2 Å². The van der Waals surface area contributed by atoms with E-state index >= 15 is 0 Å². The molecule has 0 aliphatic rings. The lowest BCUT2D eigenvalue weighted by Gasteiger charge is -2.14. The van der Waals surface area contributed by atoms with E-state index in [1.807, 2.05) is 47.3 Å². The van der Waals surface area contributed by atoms with Crippen LogP contribution in [-0.4, -0.2) is 30.6 Å². The van der Waals surface area contributed by atoms with Crippen LogP contribution in [0.3, 0.4) is 0 Å². The number of aromatic nitrogens is 2. The number of aryl methyl sites for hydroxylation is 1. The van der Waals surface area contributed by atoms with Gasteiger partial charge in [-0.1, -0.05) is 54.6 Å². The number of nitrogens with two attached hydrogens (primary N) is 1. The van der Waals surface area contributed by atoms with Gasteiger partial charge in [-0.05, 0) is 46.0 Å². The number of nitrogens with zero attached hydrogens (tertiary/aromatic N) is 2. The second-order valence-corrected chi connectivity index (χ2v) is 9.28. The molecule has 1 aromatic heterocycles. The van der Waals surface area contributed by atoms with Crippen molar-refractivity contribution in [1.29, 1.82) is 0 Å². The van der Waals surface area contributed by atoms with Crippen molar-refractivity contribution in [2.75, 3.05) is 12.4 Å². The summed E-state index contributed by atoms with van der Waals surface area (Å²) in [5.41, 5.74) is 3.05. The van der Waals surface area contributed by atoms with E-state index < -0.39 is 10.0 Å². The monoisotopic (exact) mass is 435 g/mol. The SMILES string of the molecule is NS(=O)(=O)CCc1ccc(Cn2cccn2)cc1OCCc1ccc2ccccc2c1. The van der Waals surface area contributed by atoms with Crippen LogP contribution in [0, 0.1) is 0 Å². The fourth-order valence-electron chi connectivity index (χ4n) is 3.54. The molecule has 0 unspecified atom stereocenters. The second kappa shape index (κ2) is 9.32. The van der Waals surface area contributed by atoms with Gasteiger partial charge in [-0.2, -0.15) is 5.10 Å². The molecule has 0 fully saturated rings. The summed E-state index contributed by atoms with van der Waals surface area (Å²) in [6.07, 6.45) is 4.70. The molecule has 0 aliphatic heterocycles. The van der Waals surface area contributed by atoms with Crippen LogP contribution in [0.2, 0.25) is 0 Å². The molecule has 1 heterocycles. The Morgan fingerprint density at radius 2 is 1.71 bits per heavy atom. The van der Waals surface area contributed by atoms with Crippen molar-refractivity contribution in [3.63, 3.8) is 0 Å². The van der Waals surface area contributed by atoms with Gasteiger partial charge in [0.1, 0.15) is 5.75 Å². The van der Waals surface area contributed by atoms with Gasteiger partial charge in [0.2, 0.25) is 10.0 Å². The third-order valence-corrected chi connectivity index (χ3v) is 5.93. The maximum Gasteiger partial charge on any atom is 0.209 e. The number of hydrogen-bond donors (Lipinski definition) is 1. The van der Waals surface area contributed by atoms with Crippen molar-refractivity contribution in [1.82, 2.24) is 9.78 Å². The summed E-state index contributed by atoms with van der Waals surface area (Å²) in [4.78, 5) is 0. The molecule has 0 aliphatic carbocycles. The molecule has 6 nitrogen and oxygen atoms in total. The van der Waals surface area contributed by atoms with Crippen LogP contribution in [0.25, 0.3) is 10.8 Å². The molecule has 0 amide bonds. The smallest absolute Gasteiger partial charge is 0.209 e. The fraction of sp³-hybridized carbons (Fsp3) is 0.208. The Morgan fingerprint density at radius 3 is 2.48 bits per heavy atom. The minimum atomic E-state index is -3.54. The molecule has 0 radical (unpaired) electrons. The number of fused-ring (bicyclic) bond motifs is 1. The highest BCUT2D eigenvalue weighted by Crippen LogP contribution is 2.23. The van der Waals surface area contributed by atoms with Crippen molar-refractivity contribution >= 4 is 20.8 Å². The number of benzene rings is 3. The molecule has 0 spiro atoms. The Balaban J connectivity index is 1.48. The quantitative estimate of drug-likeness (QED) is 0.436. The average Bonchev–Trinajstić information content (AvgIpc) is 3.25. The van der Waals surface area contributed by atoms with Gasteiger partial charge in [-0.25, -0.2) is 13.6 Å². The molecule has 31 heavy (non-hydrogen) atoms. The lowest BCUT2D eigenvalue weighted by Crippen LogP contribution is -2.18. The van der Waals surface area contributed by atoms with Gasteiger partial charge in [0, 0.05) is 18.8 Å². The van der Waals surface area contributed by atoms with E-state index in [4.69, 9.17) is 9.88 Å². The zero-order chi connectivity index (χ0) is 21.7. The van der Waals surface area contributed by atoms with E-state index in [9.17, 15) is 8.42 Å². The summed E-state index contributed by atoms with van der Waals surface area (Å²) in [5, 5.41) is 11.8. The summed E-state index contributed by atoms with van der Waals surface area (Å²) in [5.74, 6) is 0.570. The number of rotatable bonds is 9. The third kappa shape index (κ3) is 5.93. The maximum absolute atomic E-state index is 11.4. The molecule has 7 heteroatoms. The summed E-state index contributed by atoms with van der Waals surface area (Å²) >= 11 is 0. The zero-order valence-corrected chi connectivity index (χ0v) is 18.0. The third-order valence-electron chi connectivity index (χ3n) is 5.15. The van der Waals surface area contributed by atoms with Gasteiger partial charge in [-0.3, -0.25) is 4.68 Å². The van der Waals surface area contributed by atoms with Crippen LogP contribution in [0.4, 0.5) is 0 Å². The Labute approximate surface area is 182 Å². The van der Waals surface area contributed by atoms with Gasteiger partial charge < -0.3 is 4.74 Å². The number of sulfonamides is 1. The van der Waals surface area contributed by atoms with Gasteiger partial charge >= 0.3 is 0 Å². The average molecular weight is 436 g/mol. The van der Waals surface area contributed by atoms with Crippen LogP contribution in [0.15, 0.2) is 79.1 Å². The highest BCUT2D eigenvalue weighted by Gasteiger charge is 2.11. The molecular formula is C24H25N3O3S. The molecule has 2 N–H and O–H groups in total. The lowest BCUT2D eigenvalue weighted by atomic mass is 10.1. The summed E-state index contributed by atoms with van der Waals surface area (Å²) in [6, 6.07) is 22.4. The van der Waals surface area contributed by atoms with Crippen molar-refractivity contribution < 1.29 is 13.2 Å². The minimum absolute atomic E-state index is 0.119. The summed E-state index contributed by atoms with van der Waals surface area (Å²) in [7, 11) is -3.54. The molecule has 0 atom stereocenters. The normalized spacial score (nSPS) is 11.6. The van der Waals surface area contributed by atoms with E-state index in [2.05, 4.69) is 35.4 Å². The van der Waals surface area contributed by atoms with Crippen molar-refractivity contribution in [2.24, 2.45) is 5.14 Å². The first kappa shape index (κ1) is 21.1. The molecular weight excluding hydrogens is 410 g/mol. The second-order valence-electron chi connectivity index (χ2n) is 7.54. The molecule has 0 bridgehead atoms. The van der Waals surface area contributed by atoms with Crippen molar-refractivity contribution in [3.8, 4) is 5.75 Å². The molecule has 4 aromatic rings. The van der Waals surface area contributed by atoms with Gasteiger partial charge in [0.25, 0.3) is 0 Å². The minimum Gasteiger partial charge on any atom is -0.493 e. The largest absolute Gasteiger partial charge is 0.493 e. The van der Waals surface area contributed by atoms with Gasteiger partial charge in [-0.15, -0.1) is 0 Å². The Morgan fingerprint density at radius 1 is 0.903 bits per heavy atom. The van der Waals surface area contributed by atoms with Gasteiger partial charge in [0.05, 0.1) is 18.9 Å². The van der Waals surface area contributed by atoms with Crippen LogP contribution in [0.1, 0.15) is 16.7 Å². The first-order valence-corrected chi connectivity index (χ1v) is 11.9. The van der Waals surface area contributed by atoms with Gasteiger partial charge in [0.15, 0.2) is 0 Å². The molecule has 0 saturated heterocycles.